The van der Waals surface area contributed by atoms with Gasteiger partial charge in [-0.05, 0) is 75.6 Å². The van der Waals surface area contributed by atoms with Crippen molar-refractivity contribution in [3.05, 3.63) is 70.8 Å². The molecule has 2 aromatic rings. The normalized spacial score (nSPS) is 18.0. The molecule has 5 nitrogen and oxygen atoms in total. The van der Waals surface area contributed by atoms with Crippen LogP contribution >= 0.6 is 0 Å². The zero-order chi connectivity index (χ0) is 27.9. The molecule has 0 fully saturated rings. The van der Waals surface area contributed by atoms with Crippen LogP contribution in [0.2, 0.25) is 0 Å². The average molecular weight is 499 g/mol. The van der Waals surface area contributed by atoms with Crippen LogP contribution in [0.15, 0.2) is 48.5 Å². The Labute approximate surface area is 217 Å². The molecule has 0 aromatic heterocycles. The smallest absolute Gasteiger partial charge is 0.196 e. The Kier molecular flexibility index (Phi) is 8.69. The first-order valence-corrected chi connectivity index (χ1v) is 12.9. The topological polar surface area (TPSA) is 98.0 Å². The summed E-state index contributed by atoms with van der Waals surface area (Å²) in [7, 11) is 0. The van der Waals surface area contributed by atoms with Crippen LogP contribution in [0.4, 0.5) is 0 Å². The number of carbonyl (C=O) groups is 1. The van der Waals surface area contributed by atoms with E-state index >= 15 is 0 Å². The van der Waals surface area contributed by atoms with Gasteiger partial charge < -0.3 is 20.4 Å². The van der Waals surface area contributed by atoms with E-state index in [1.165, 1.54) is 13.8 Å². The summed E-state index contributed by atoms with van der Waals surface area (Å²) in [6.07, 6.45) is 0. The number of hydrogen-bond acceptors (Lipinski definition) is 5. The summed E-state index contributed by atoms with van der Waals surface area (Å²) in [5.74, 6) is -2.32. The molecule has 0 spiro atoms. The van der Waals surface area contributed by atoms with Gasteiger partial charge in [0.15, 0.2) is 5.78 Å². The summed E-state index contributed by atoms with van der Waals surface area (Å²) < 4.78 is 0. The van der Waals surface area contributed by atoms with E-state index in [9.17, 15) is 25.2 Å². The third-order valence-electron chi connectivity index (χ3n) is 7.33. The fourth-order valence-corrected chi connectivity index (χ4v) is 5.76. The highest BCUT2D eigenvalue weighted by Crippen LogP contribution is 2.45. The van der Waals surface area contributed by atoms with Gasteiger partial charge in [0.25, 0.3) is 0 Å². The number of ketones is 1. The van der Waals surface area contributed by atoms with Crippen molar-refractivity contribution in [1.82, 2.24) is 0 Å². The van der Waals surface area contributed by atoms with Gasteiger partial charge in [0.2, 0.25) is 0 Å². The van der Waals surface area contributed by atoms with Gasteiger partial charge in [-0.3, -0.25) is 4.79 Å². The van der Waals surface area contributed by atoms with Crippen molar-refractivity contribution in [2.24, 2.45) is 0 Å². The van der Waals surface area contributed by atoms with Crippen LogP contribution in [0.3, 0.4) is 0 Å². The highest BCUT2D eigenvalue weighted by atomic mass is 16.3. The number of aliphatic hydroxyl groups is 4. The summed E-state index contributed by atoms with van der Waals surface area (Å²) in [6, 6.07) is 14.9. The first-order valence-electron chi connectivity index (χ1n) is 12.9. The van der Waals surface area contributed by atoms with Gasteiger partial charge >= 0.3 is 0 Å². The number of benzene rings is 2. The Bertz CT molecular complexity index is 933. The molecule has 0 radical (unpaired) electrons. The molecule has 0 aliphatic carbocycles. The van der Waals surface area contributed by atoms with Crippen LogP contribution in [0.25, 0.3) is 0 Å². The van der Waals surface area contributed by atoms with Gasteiger partial charge in [-0.15, -0.1) is 0 Å². The fraction of sp³-hybridized carbons (Fsp3) is 0.581. The average Bonchev–Trinajstić information content (AvgIpc) is 2.71. The summed E-state index contributed by atoms with van der Waals surface area (Å²) in [4.78, 5) is 14.0. The van der Waals surface area contributed by atoms with Gasteiger partial charge in [0.05, 0.1) is 11.2 Å². The Hall–Kier alpha value is -2.05. The van der Waals surface area contributed by atoms with Crippen LogP contribution in [-0.2, 0) is 4.79 Å². The van der Waals surface area contributed by atoms with Gasteiger partial charge in [0, 0.05) is 11.8 Å². The quantitative estimate of drug-likeness (QED) is 0.351. The summed E-state index contributed by atoms with van der Waals surface area (Å²) in [6.45, 7) is 17.1. The number of Topliss-reactive ketones (excluding diaryl/α,β-unsaturated/α-hetero) is 1. The van der Waals surface area contributed by atoms with E-state index in [4.69, 9.17) is 0 Å². The molecule has 0 heterocycles. The van der Waals surface area contributed by atoms with Crippen molar-refractivity contribution in [2.45, 2.75) is 115 Å². The second-order valence-corrected chi connectivity index (χ2v) is 12.4. The van der Waals surface area contributed by atoms with Crippen molar-refractivity contribution < 1.29 is 25.2 Å². The minimum absolute atomic E-state index is 0.303. The van der Waals surface area contributed by atoms with Crippen molar-refractivity contribution >= 4 is 5.78 Å². The lowest BCUT2D eigenvalue weighted by molar-refractivity contribution is -0.171. The molecule has 0 amide bonds. The van der Waals surface area contributed by atoms with Crippen LogP contribution < -0.4 is 0 Å². The maximum Gasteiger partial charge on any atom is 0.196 e. The van der Waals surface area contributed by atoms with Gasteiger partial charge in [-0.1, -0.05) is 76.2 Å². The van der Waals surface area contributed by atoms with Crippen LogP contribution in [-0.4, -0.2) is 48.6 Å². The lowest BCUT2D eigenvalue weighted by atomic mass is 9.63. The van der Waals surface area contributed by atoms with Crippen LogP contribution in [0, 0.1) is 0 Å². The van der Waals surface area contributed by atoms with E-state index in [2.05, 4.69) is 27.7 Å². The van der Waals surface area contributed by atoms with Gasteiger partial charge in [-0.25, -0.2) is 0 Å². The summed E-state index contributed by atoms with van der Waals surface area (Å²) in [5.41, 5.74) is -3.92. The van der Waals surface area contributed by atoms with E-state index in [0.29, 0.717) is 23.0 Å². The molecule has 4 unspecified atom stereocenters. The lowest BCUT2D eigenvalue weighted by Crippen LogP contribution is -2.61. The molecular weight excluding hydrogens is 452 g/mol. The Morgan fingerprint density at radius 1 is 0.528 bits per heavy atom. The molecule has 0 aliphatic rings. The molecule has 0 aliphatic heterocycles. The SMILES string of the molecule is CC(C)c1ccc(C(C(C)(C)O)C(C)(O)C(=O)C(C)(O)C(c2ccc(C(C)C)cc2)C(C)(C)O)cc1. The number of hydrogen-bond donors (Lipinski definition) is 4. The minimum Gasteiger partial charge on any atom is -0.390 e. The molecule has 4 atom stereocenters. The van der Waals surface area contributed by atoms with Crippen molar-refractivity contribution in [2.75, 3.05) is 0 Å². The monoisotopic (exact) mass is 498 g/mol. The Morgan fingerprint density at radius 2 is 0.750 bits per heavy atom. The van der Waals surface area contributed by atoms with Gasteiger partial charge in [0.1, 0.15) is 11.2 Å². The molecule has 200 valence electrons. The summed E-state index contributed by atoms with van der Waals surface area (Å²) in [5, 5.41) is 45.8. The molecule has 4 N–H and O–H groups in total. The largest absolute Gasteiger partial charge is 0.390 e. The molecule has 2 rings (SSSR count). The molecular formula is C31H46O5. The molecule has 0 saturated carbocycles. The molecule has 36 heavy (non-hydrogen) atoms. The standard InChI is InChI=1S/C31H46O5/c1-19(2)21-11-15-23(16-12-21)25(28(5,6)33)30(9,35)27(32)31(10,36)26(29(7,8)34)24-17-13-22(14-18-24)20(3)4/h11-20,25-26,33-36H,1-10H3. The first-order chi connectivity index (χ1) is 16.2. The third kappa shape index (κ3) is 6.25. The van der Waals surface area contributed by atoms with Crippen molar-refractivity contribution in [3.8, 4) is 0 Å². The molecule has 5 heteroatoms. The predicted octanol–water partition coefficient (Wildman–Crippen LogP) is 5.41. The van der Waals surface area contributed by atoms with E-state index in [0.717, 1.165) is 11.1 Å². The first kappa shape index (κ1) is 30.2. The minimum atomic E-state index is -2.15. The Morgan fingerprint density at radius 3 is 0.944 bits per heavy atom. The maximum atomic E-state index is 14.0. The zero-order valence-corrected chi connectivity index (χ0v) is 23.6. The number of rotatable bonds is 10. The van der Waals surface area contributed by atoms with Crippen molar-refractivity contribution in [3.63, 3.8) is 0 Å². The van der Waals surface area contributed by atoms with E-state index in [1.807, 2.05) is 48.5 Å². The van der Waals surface area contributed by atoms with Crippen molar-refractivity contribution in [1.29, 1.82) is 0 Å². The van der Waals surface area contributed by atoms with E-state index in [-0.39, 0.29) is 0 Å². The maximum absolute atomic E-state index is 14.0. The molecule has 2 aromatic carbocycles. The zero-order valence-electron chi connectivity index (χ0n) is 23.6. The van der Waals surface area contributed by atoms with Gasteiger partial charge in [-0.2, -0.15) is 0 Å². The molecule has 0 bridgehead atoms. The lowest BCUT2D eigenvalue weighted by Gasteiger charge is -2.46. The molecule has 0 saturated heterocycles. The van der Waals surface area contributed by atoms with Crippen LogP contribution in [0.5, 0.6) is 0 Å². The number of carbonyl (C=O) groups excluding carboxylic acids is 1. The second kappa shape index (κ2) is 10.4. The second-order valence-electron chi connectivity index (χ2n) is 12.4. The Balaban J connectivity index is 2.61. The highest BCUT2D eigenvalue weighted by molar-refractivity contribution is 5.96. The summed E-state index contributed by atoms with van der Waals surface area (Å²) >= 11 is 0. The third-order valence-corrected chi connectivity index (χ3v) is 7.33. The fourth-order valence-electron chi connectivity index (χ4n) is 5.76. The van der Waals surface area contributed by atoms with Crippen LogP contribution in [0.1, 0.15) is 115 Å². The van der Waals surface area contributed by atoms with E-state index < -0.39 is 40.0 Å². The van der Waals surface area contributed by atoms with E-state index in [1.54, 1.807) is 27.7 Å². The predicted molar refractivity (Wildman–Crippen MR) is 145 cm³/mol. The highest BCUT2D eigenvalue weighted by Gasteiger charge is 2.57.